The van der Waals surface area contributed by atoms with Crippen molar-refractivity contribution in [1.29, 1.82) is 0 Å². The monoisotopic (exact) mass is 578 g/mol. The molecule has 1 unspecified atom stereocenters. The molecule has 1 aliphatic heterocycles. The summed E-state index contributed by atoms with van der Waals surface area (Å²) in [5.74, 6) is -1.61. The minimum Gasteiger partial charge on any atom is -0.507 e. The molecule has 196 valence electrons. The predicted octanol–water partition coefficient (Wildman–Crippen LogP) is 6.33. The van der Waals surface area contributed by atoms with Crippen LogP contribution in [0.5, 0.6) is 0 Å². The molecule has 12 heteroatoms. The molecule has 0 aliphatic carbocycles. The number of carbonyl (C=O) groups excluding carboxylic acids is 2. The van der Waals surface area contributed by atoms with Crippen molar-refractivity contribution in [3.63, 3.8) is 0 Å². The normalized spacial score (nSPS) is 16.6. The number of aliphatic hydroxyl groups excluding tert-OH is 1. The van der Waals surface area contributed by atoms with Gasteiger partial charge in [-0.05, 0) is 36.2 Å². The van der Waals surface area contributed by atoms with Crippen LogP contribution >= 0.6 is 34.7 Å². The lowest BCUT2D eigenvalue weighted by molar-refractivity contribution is -0.384. The fraction of sp³-hybridized carbons (Fsp3) is 0.111. The summed E-state index contributed by atoms with van der Waals surface area (Å²) in [6.45, 7) is 1.89. The fourth-order valence-corrected chi connectivity index (χ4v) is 6.26. The van der Waals surface area contributed by atoms with Crippen LogP contribution < -0.4 is 4.90 Å². The fourth-order valence-electron chi connectivity index (χ4n) is 4.10. The summed E-state index contributed by atoms with van der Waals surface area (Å²) in [7, 11) is 0. The number of non-ortho nitro benzene ring substituents is 1. The number of rotatable bonds is 7. The molecule has 1 atom stereocenters. The number of hydrogen-bond acceptors (Lipinski definition) is 9. The van der Waals surface area contributed by atoms with Crippen molar-refractivity contribution in [2.75, 3.05) is 4.90 Å². The van der Waals surface area contributed by atoms with Crippen LogP contribution in [0.4, 0.5) is 10.8 Å². The second kappa shape index (κ2) is 11.0. The van der Waals surface area contributed by atoms with Gasteiger partial charge in [-0.25, -0.2) is 0 Å². The Hall–Kier alpha value is -4.06. The largest absolute Gasteiger partial charge is 0.507 e. The van der Waals surface area contributed by atoms with E-state index >= 15 is 0 Å². The lowest BCUT2D eigenvalue weighted by atomic mass is 9.95. The average Bonchev–Trinajstić information content (AvgIpc) is 3.50. The van der Waals surface area contributed by atoms with Gasteiger partial charge in [-0.1, -0.05) is 82.7 Å². The van der Waals surface area contributed by atoms with Crippen molar-refractivity contribution in [2.45, 2.75) is 23.1 Å². The Morgan fingerprint density at radius 2 is 1.77 bits per heavy atom. The number of amides is 1. The van der Waals surface area contributed by atoms with Crippen molar-refractivity contribution in [2.24, 2.45) is 0 Å². The molecule has 1 fully saturated rings. The van der Waals surface area contributed by atoms with Crippen molar-refractivity contribution >= 4 is 63.0 Å². The SMILES string of the molecule is Cc1ccc(/C(O)=C2/C(=O)C(=O)N(c3nnc(SCc4ccccc4Cl)s3)C2c2ccc([N+](=O)[O-])cc2)cc1. The summed E-state index contributed by atoms with van der Waals surface area (Å²) in [6, 6.07) is 18.7. The number of nitro benzene ring substituents is 1. The highest BCUT2D eigenvalue weighted by Crippen LogP contribution is 2.44. The van der Waals surface area contributed by atoms with E-state index < -0.39 is 22.7 Å². The Morgan fingerprint density at radius 3 is 2.44 bits per heavy atom. The lowest BCUT2D eigenvalue weighted by Crippen LogP contribution is -2.29. The first kappa shape index (κ1) is 26.5. The number of halogens is 1. The molecule has 1 N–H and O–H groups in total. The van der Waals surface area contributed by atoms with Crippen LogP contribution in [0.25, 0.3) is 5.76 Å². The number of hydrogen-bond donors (Lipinski definition) is 1. The minimum atomic E-state index is -1.07. The number of thioether (sulfide) groups is 1. The first-order chi connectivity index (χ1) is 18.7. The summed E-state index contributed by atoms with van der Waals surface area (Å²) in [5, 5.41) is 31.5. The third kappa shape index (κ3) is 5.29. The van der Waals surface area contributed by atoms with E-state index in [-0.39, 0.29) is 22.2 Å². The summed E-state index contributed by atoms with van der Waals surface area (Å²) in [5.41, 5.74) is 2.33. The van der Waals surface area contributed by atoms with Crippen LogP contribution in [-0.4, -0.2) is 31.9 Å². The zero-order valence-electron chi connectivity index (χ0n) is 20.3. The maximum atomic E-state index is 13.3. The Labute approximate surface area is 235 Å². The van der Waals surface area contributed by atoms with Crippen molar-refractivity contribution in [3.05, 3.63) is 116 Å². The van der Waals surface area contributed by atoms with Gasteiger partial charge < -0.3 is 5.11 Å². The van der Waals surface area contributed by atoms with Gasteiger partial charge in [-0.3, -0.25) is 24.6 Å². The van der Waals surface area contributed by atoms with Gasteiger partial charge >= 0.3 is 5.91 Å². The molecule has 3 aromatic carbocycles. The molecule has 0 spiro atoms. The second-order valence-electron chi connectivity index (χ2n) is 8.61. The van der Waals surface area contributed by atoms with E-state index in [0.29, 0.717) is 26.2 Å². The Balaban J connectivity index is 1.55. The zero-order valence-corrected chi connectivity index (χ0v) is 22.7. The molecule has 1 amide bonds. The van der Waals surface area contributed by atoms with Crippen LogP contribution in [0.2, 0.25) is 5.02 Å². The van der Waals surface area contributed by atoms with E-state index in [1.165, 1.54) is 40.9 Å². The van der Waals surface area contributed by atoms with E-state index in [1.807, 2.05) is 25.1 Å². The highest BCUT2D eigenvalue weighted by Gasteiger charge is 2.48. The number of carbonyl (C=O) groups is 2. The molecule has 0 saturated carbocycles. The van der Waals surface area contributed by atoms with Crippen LogP contribution in [0.1, 0.15) is 28.3 Å². The number of nitro groups is 1. The van der Waals surface area contributed by atoms with Gasteiger partial charge in [0.2, 0.25) is 5.13 Å². The van der Waals surface area contributed by atoms with Gasteiger partial charge in [0.15, 0.2) is 4.34 Å². The Kier molecular flexibility index (Phi) is 7.47. The highest BCUT2D eigenvalue weighted by molar-refractivity contribution is 8.00. The molecule has 2 heterocycles. The molecule has 0 radical (unpaired) electrons. The molecule has 39 heavy (non-hydrogen) atoms. The maximum Gasteiger partial charge on any atom is 0.301 e. The standard InChI is InChI=1S/C27H19ClN4O5S2/c1-15-6-8-17(9-7-15)23(33)21-22(16-10-12-19(13-11-16)32(36)37)31(25(35)24(21)34)26-29-30-27(39-26)38-14-18-4-2-3-5-20(18)28/h2-13,22,33H,14H2,1H3/b23-21-. The third-order valence-corrected chi connectivity index (χ3v) is 8.57. The first-order valence-electron chi connectivity index (χ1n) is 11.6. The van der Waals surface area contributed by atoms with Crippen molar-refractivity contribution < 1.29 is 19.6 Å². The summed E-state index contributed by atoms with van der Waals surface area (Å²) in [4.78, 5) is 38.5. The lowest BCUT2D eigenvalue weighted by Gasteiger charge is -2.22. The molecular weight excluding hydrogens is 560 g/mol. The number of aryl methyl sites for hydroxylation is 1. The molecule has 1 aliphatic rings. The van der Waals surface area contributed by atoms with Gasteiger partial charge in [0, 0.05) is 28.5 Å². The van der Waals surface area contributed by atoms with Gasteiger partial charge in [0.25, 0.3) is 11.5 Å². The highest BCUT2D eigenvalue weighted by atomic mass is 35.5. The van der Waals surface area contributed by atoms with Crippen molar-refractivity contribution in [3.8, 4) is 0 Å². The van der Waals surface area contributed by atoms with Crippen molar-refractivity contribution in [1.82, 2.24) is 10.2 Å². The van der Waals surface area contributed by atoms with Gasteiger partial charge in [0.05, 0.1) is 16.5 Å². The van der Waals surface area contributed by atoms with E-state index in [4.69, 9.17) is 11.6 Å². The number of Topliss-reactive ketones (excluding diaryl/α,β-unsaturated/α-hetero) is 1. The summed E-state index contributed by atoms with van der Waals surface area (Å²) in [6.07, 6.45) is 0. The maximum absolute atomic E-state index is 13.3. The number of aliphatic hydroxyl groups is 1. The van der Waals surface area contributed by atoms with E-state index in [9.17, 15) is 24.8 Å². The minimum absolute atomic E-state index is 0.141. The molecule has 9 nitrogen and oxygen atoms in total. The van der Waals surface area contributed by atoms with Crippen LogP contribution in [-0.2, 0) is 15.3 Å². The van der Waals surface area contributed by atoms with Gasteiger partial charge in [-0.2, -0.15) is 0 Å². The van der Waals surface area contributed by atoms with Gasteiger partial charge in [0.1, 0.15) is 5.76 Å². The number of benzene rings is 3. The third-order valence-electron chi connectivity index (χ3n) is 6.10. The average molecular weight is 579 g/mol. The molecule has 0 bridgehead atoms. The molecular formula is C27H19ClN4O5S2. The zero-order chi connectivity index (χ0) is 27.7. The topological polar surface area (TPSA) is 127 Å². The summed E-state index contributed by atoms with van der Waals surface area (Å²) < 4.78 is 0.549. The molecule has 4 aromatic rings. The summed E-state index contributed by atoms with van der Waals surface area (Å²) >= 11 is 8.74. The van der Waals surface area contributed by atoms with E-state index in [0.717, 1.165) is 22.5 Å². The van der Waals surface area contributed by atoms with Crippen LogP contribution in [0.3, 0.4) is 0 Å². The number of anilines is 1. The van der Waals surface area contributed by atoms with E-state index in [2.05, 4.69) is 10.2 Å². The Bertz CT molecular complexity index is 1620. The number of aromatic nitrogens is 2. The smallest absolute Gasteiger partial charge is 0.301 e. The first-order valence-corrected chi connectivity index (χ1v) is 13.7. The van der Waals surface area contributed by atoms with Crippen LogP contribution in [0, 0.1) is 17.0 Å². The quantitative estimate of drug-likeness (QED) is 0.0513. The predicted molar refractivity (Wildman–Crippen MR) is 150 cm³/mol. The van der Waals surface area contributed by atoms with Crippen LogP contribution in [0.15, 0.2) is 82.7 Å². The second-order valence-corrected chi connectivity index (χ2v) is 11.2. The molecule has 5 rings (SSSR count). The molecule has 1 saturated heterocycles. The molecule has 1 aromatic heterocycles. The Morgan fingerprint density at radius 1 is 1.08 bits per heavy atom. The van der Waals surface area contributed by atoms with E-state index in [1.54, 1.807) is 30.3 Å². The number of nitrogens with zero attached hydrogens (tertiary/aromatic N) is 4. The van der Waals surface area contributed by atoms with Gasteiger partial charge in [-0.15, -0.1) is 10.2 Å². The number of ketones is 1.